The van der Waals surface area contributed by atoms with E-state index >= 15 is 0 Å². The molecule has 8 heteroatoms. The van der Waals surface area contributed by atoms with E-state index in [1.165, 1.54) is 40.7 Å². The molecule has 0 aliphatic carbocycles. The number of carbonyl (C=O) groups excluding carboxylic acids is 2. The number of ether oxygens (including phenoxy) is 1. The van der Waals surface area contributed by atoms with Crippen LogP contribution in [0.2, 0.25) is 0 Å². The number of benzene rings is 1. The van der Waals surface area contributed by atoms with Gasteiger partial charge in [0, 0.05) is 24.9 Å². The first-order chi connectivity index (χ1) is 13.7. The van der Waals surface area contributed by atoms with Crippen LogP contribution in [-0.4, -0.2) is 44.3 Å². The van der Waals surface area contributed by atoms with E-state index in [1.807, 2.05) is 6.92 Å². The largest absolute Gasteiger partial charge is 0.452 e. The summed E-state index contributed by atoms with van der Waals surface area (Å²) in [6, 6.07) is 5.99. The lowest BCUT2D eigenvalue weighted by atomic mass is 9.94. The highest BCUT2D eigenvalue weighted by Crippen LogP contribution is 2.27. The highest BCUT2D eigenvalue weighted by Gasteiger charge is 2.31. The molecule has 1 fully saturated rings. The molecular weight excluding hydrogens is 392 g/mol. The number of nitrogens with one attached hydrogen (secondary N) is 1. The van der Waals surface area contributed by atoms with E-state index < -0.39 is 28.5 Å². The van der Waals surface area contributed by atoms with E-state index in [1.54, 1.807) is 12.2 Å². The zero-order valence-electron chi connectivity index (χ0n) is 17.0. The van der Waals surface area contributed by atoms with Gasteiger partial charge in [0.1, 0.15) is 0 Å². The molecule has 1 aliphatic rings. The van der Waals surface area contributed by atoms with Gasteiger partial charge in [0.05, 0.1) is 4.90 Å². The highest BCUT2D eigenvalue weighted by molar-refractivity contribution is 7.89. The van der Waals surface area contributed by atoms with Crippen LogP contribution in [0, 0.1) is 11.8 Å². The van der Waals surface area contributed by atoms with Crippen molar-refractivity contribution in [3.8, 4) is 0 Å². The first kappa shape index (κ1) is 22.8. The second kappa shape index (κ2) is 10.4. The summed E-state index contributed by atoms with van der Waals surface area (Å²) in [6.07, 6.45) is 7.18. The number of carbonyl (C=O) groups is 2. The standard InChI is InChI=1S/C21H28N2O5S/c1-4-5-6-7-21(25)28-15-20(24)22-18-8-10-19(11-9-18)29(26,27)23-13-16(2)12-17(3)14-23/h4-11,16-17H,12-15H2,1-3H3,(H,22,24)/b5-4+,7-6+/t16-,17-/m1/s1. The lowest BCUT2D eigenvalue weighted by Gasteiger charge is -2.34. The van der Waals surface area contributed by atoms with Crippen LogP contribution < -0.4 is 5.32 Å². The van der Waals surface area contributed by atoms with Crippen molar-refractivity contribution in [3.63, 3.8) is 0 Å². The molecule has 0 radical (unpaired) electrons. The lowest BCUT2D eigenvalue weighted by Crippen LogP contribution is -2.42. The first-order valence-corrected chi connectivity index (χ1v) is 11.0. The zero-order chi connectivity index (χ0) is 21.4. The molecule has 7 nitrogen and oxygen atoms in total. The van der Waals surface area contributed by atoms with Gasteiger partial charge in [0.25, 0.3) is 5.91 Å². The van der Waals surface area contributed by atoms with Crippen LogP contribution in [-0.2, 0) is 24.3 Å². The van der Waals surface area contributed by atoms with Crippen molar-refractivity contribution >= 4 is 27.6 Å². The topological polar surface area (TPSA) is 92.8 Å². The molecule has 2 rings (SSSR count). The summed E-state index contributed by atoms with van der Waals surface area (Å²) in [6.45, 7) is 6.52. The predicted molar refractivity (Wildman–Crippen MR) is 112 cm³/mol. The number of amides is 1. The number of hydrogen-bond acceptors (Lipinski definition) is 5. The minimum atomic E-state index is -3.57. The molecule has 1 N–H and O–H groups in total. The third-order valence-corrected chi connectivity index (χ3v) is 6.34. The van der Waals surface area contributed by atoms with Crippen molar-refractivity contribution < 1.29 is 22.7 Å². The van der Waals surface area contributed by atoms with E-state index in [9.17, 15) is 18.0 Å². The van der Waals surface area contributed by atoms with Gasteiger partial charge >= 0.3 is 5.97 Å². The number of allylic oxidation sites excluding steroid dienone is 3. The molecule has 2 atom stereocenters. The zero-order valence-corrected chi connectivity index (χ0v) is 17.8. The Morgan fingerprint density at radius 3 is 2.34 bits per heavy atom. The Bertz CT molecular complexity index is 865. The summed E-state index contributed by atoms with van der Waals surface area (Å²) < 4.78 is 32.1. The highest BCUT2D eigenvalue weighted by atomic mass is 32.2. The fourth-order valence-electron chi connectivity index (χ4n) is 3.29. The third-order valence-electron chi connectivity index (χ3n) is 4.49. The molecule has 0 saturated carbocycles. The summed E-state index contributed by atoms with van der Waals surface area (Å²) in [4.78, 5) is 23.5. The smallest absolute Gasteiger partial charge is 0.331 e. The molecule has 0 spiro atoms. The minimum absolute atomic E-state index is 0.192. The Morgan fingerprint density at radius 2 is 1.76 bits per heavy atom. The summed E-state index contributed by atoms with van der Waals surface area (Å²) >= 11 is 0. The van der Waals surface area contributed by atoms with E-state index in [4.69, 9.17) is 4.74 Å². The van der Waals surface area contributed by atoms with Gasteiger partial charge in [0.2, 0.25) is 10.0 Å². The average Bonchev–Trinajstić information content (AvgIpc) is 2.66. The van der Waals surface area contributed by atoms with Crippen molar-refractivity contribution in [1.29, 1.82) is 0 Å². The van der Waals surface area contributed by atoms with Crippen LogP contribution in [0.5, 0.6) is 0 Å². The number of piperidine rings is 1. The summed E-state index contributed by atoms with van der Waals surface area (Å²) in [5.74, 6) is -0.484. The molecule has 1 saturated heterocycles. The average molecular weight is 421 g/mol. The van der Waals surface area contributed by atoms with Crippen molar-refractivity contribution in [2.75, 3.05) is 25.0 Å². The summed E-state index contributed by atoms with van der Waals surface area (Å²) in [7, 11) is -3.57. The number of nitrogens with zero attached hydrogens (tertiary/aromatic N) is 1. The van der Waals surface area contributed by atoms with Crippen LogP contribution in [0.1, 0.15) is 27.2 Å². The quantitative estimate of drug-likeness (QED) is 0.416. The van der Waals surface area contributed by atoms with Gasteiger partial charge in [-0.05, 0) is 49.4 Å². The molecule has 0 unspecified atom stereocenters. The Hall–Kier alpha value is -2.45. The second-order valence-corrected chi connectivity index (χ2v) is 9.27. The molecule has 29 heavy (non-hydrogen) atoms. The van der Waals surface area contributed by atoms with Gasteiger partial charge in [-0.25, -0.2) is 13.2 Å². The Morgan fingerprint density at radius 1 is 1.14 bits per heavy atom. The van der Waals surface area contributed by atoms with Gasteiger partial charge < -0.3 is 10.1 Å². The van der Waals surface area contributed by atoms with Crippen molar-refractivity contribution in [2.24, 2.45) is 11.8 Å². The van der Waals surface area contributed by atoms with Crippen LogP contribution in [0.15, 0.2) is 53.5 Å². The minimum Gasteiger partial charge on any atom is -0.452 e. The molecule has 1 aliphatic heterocycles. The fraction of sp³-hybridized carbons (Fsp3) is 0.429. The van der Waals surface area contributed by atoms with Crippen LogP contribution in [0.4, 0.5) is 5.69 Å². The fourth-order valence-corrected chi connectivity index (χ4v) is 4.97. The molecular formula is C21H28N2O5S. The number of rotatable bonds is 7. The molecule has 0 aromatic heterocycles. The second-order valence-electron chi connectivity index (χ2n) is 7.33. The van der Waals surface area contributed by atoms with E-state index in [-0.39, 0.29) is 4.90 Å². The van der Waals surface area contributed by atoms with Gasteiger partial charge in [-0.15, -0.1) is 0 Å². The van der Waals surface area contributed by atoms with Crippen LogP contribution >= 0.6 is 0 Å². The van der Waals surface area contributed by atoms with Crippen molar-refractivity contribution in [1.82, 2.24) is 4.31 Å². The maximum atomic E-state index is 12.9. The van der Waals surface area contributed by atoms with E-state index in [2.05, 4.69) is 19.2 Å². The van der Waals surface area contributed by atoms with Gasteiger partial charge in [-0.2, -0.15) is 4.31 Å². The maximum absolute atomic E-state index is 12.9. The predicted octanol–water partition coefficient (Wildman–Crippen LogP) is 2.97. The summed E-state index contributed by atoms with van der Waals surface area (Å²) in [5, 5.41) is 2.57. The van der Waals surface area contributed by atoms with Gasteiger partial charge in [-0.1, -0.05) is 32.1 Å². The number of sulfonamides is 1. The van der Waals surface area contributed by atoms with Gasteiger partial charge in [-0.3, -0.25) is 4.79 Å². The van der Waals surface area contributed by atoms with E-state index in [0.29, 0.717) is 30.6 Å². The molecule has 0 bridgehead atoms. The van der Waals surface area contributed by atoms with Crippen molar-refractivity contribution in [2.45, 2.75) is 32.1 Å². The number of anilines is 1. The molecule has 1 heterocycles. The monoisotopic (exact) mass is 420 g/mol. The molecule has 1 aromatic carbocycles. The molecule has 1 aromatic rings. The van der Waals surface area contributed by atoms with E-state index in [0.717, 1.165) is 6.42 Å². The Kier molecular flexibility index (Phi) is 8.16. The third kappa shape index (κ3) is 6.83. The van der Waals surface area contributed by atoms with Crippen molar-refractivity contribution in [3.05, 3.63) is 48.6 Å². The number of hydrogen-bond donors (Lipinski definition) is 1. The lowest BCUT2D eigenvalue weighted by molar-refractivity contribution is -0.142. The van der Waals surface area contributed by atoms with Crippen LogP contribution in [0.3, 0.4) is 0 Å². The summed E-state index contributed by atoms with van der Waals surface area (Å²) in [5.41, 5.74) is 0.426. The Balaban J connectivity index is 1.94. The number of esters is 1. The maximum Gasteiger partial charge on any atom is 0.331 e. The SMILES string of the molecule is C/C=C/C=C/C(=O)OCC(=O)Nc1ccc(S(=O)(=O)N2C[C@H](C)C[C@@H](C)C2)cc1. The first-order valence-electron chi connectivity index (χ1n) is 9.58. The normalized spacial score (nSPS) is 20.8. The van der Waals surface area contributed by atoms with Gasteiger partial charge in [0.15, 0.2) is 6.61 Å². The van der Waals surface area contributed by atoms with Crippen LogP contribution in [0.25, 0.3) is 0 Å². The molecule has 158 valence electrons. The Labute approximate surface area is 172 Å². The molecule has 1 amide bonds.